The number of hydrogen-bond donors (Lipinski definition) is 1. The molecule has 1 N–H and O–H groups in total. The second-order valence-electron chi connectivity index (χ2n) is 6.69. The Labute approximate surface area is 167 Å². The van der Waals surface area contributed by atoms with E-state index in [0.717, 1.165) is 5.56 Å². The monoisotopic (exact) mass is 398 g/mol. The molecule has 1 aliphatic heterocycles. The molecule has 0 saturated carbocycles. The number of nitrogens with zero attached hydrogens (tertiary/aromatic N) is 1. The minimum Gasteiger partial charge on any atom is -0.459 e. The molecule has 4 rings (SSSR count). The highest BCUT2D eigenvalue weighted by Crippen LogP contribution is 2.24. The van der Waals surface area contributed by atoms with Crippen molar-refractivity contribution in [3.8, 4) is 11.3 Å². The van der Waals surface area contributed by atoms with E-state index in [9.17, 15) is 9.59 Å². The average Bonchev–Trinajstić information content (AvgIpc) is 3.41. The van der Waals surface area contributed by atoms with Gasteiger partial charge in [-0.3, -0.25) is 9.59 Å². The molecule has 1 fully saturated rings. The maximum Gasteiger partial charge on any atom is 0.289 e. The van der Waals surface area contributed by atoms with Gasteiger partial charge in [-0.1, -0.05) is 11.6 Å². The number of rotatable bonds is 4. The predicted molar refractivity (Wildman–Crippen MR) is 104 cm³/mol. The largest absolute Gasteiger partial charge is 0.459 e. The number of furan rings is 2. The SMILES string of the molecule is O=C(NC1CCN(C(=O)c2ccco2)CC1)c1ccc(-c2ccc(Cl)cc2)o1. The minimum atomic E-state index is -0.254. The van der Waals surface area contributed by atoms with Gasteiger partial charge in [0.25, 0.3) is 11.8 Å². The van der Waals surface area contributed by atoms with Gasteiger partial charge in [0, 0.05) is 29.7 Å². The fraction of sp³-hybridized carbons (Fsp3) is 0.238. The van der Waals surface area contributed by atoms with Crippen LogP contribution < -0.4 is 5.32 Å². The zero-order chi connectivity index (χ0) is 19.5. The third-order valence-electron chi connectivity index (χ3n) is 4.81. The maximum absolute atomic E-state index is 12.5. The van der Waals surface area contributed by atoms with Crippen LogP contribution in [-0.4, -0.2) is 35.8 Å². The van der Waals surface area contributed by atoms with E-state index in [-0.39, 0.29) is 23.6 Å². The Balaban J connectivity index is 1.32. The summed E-state index contributed by atoms with van der Waals surface area (Å²) < 4.78 is 10.9. The van der Waals surface area contributed by atoms with Gasteiger partial charge in [-0.15, -0.1) is 0 Å². The molecule has 0 bridgehead atoms. The van der Waals surface area contributed by atoms with Crippen molar-refractivity contribution >= 4 is 23.4 Å². The second-order valence-corrected chi connectivity index (χ2v) is 7.12. The molecule has 7 heteroatoms. The summed E-state index contributed by atoms with van der Waals surface area (Å²) in [6.07, 6.45) is 2.85. The zero-order valence-electron chi connectivity index (χ0n) is 15.1. The van der Waals surface area contributed by atoms with E-state index in [1.54, 1.807) is 41.3 Å². The van der Waals surface area contributed by atoms with Crippen molar-refractivity contribution in [2.75, 3.05) is 13.1 Å². The Kier molecular flexibility index (Phi) is 5.21. The number of halogens is 1. The van der Waals surface area contributed by atoms with Gasteiger partial charge in [0.1, 0.15) is 5.76 Å². The van der Waals surface area contributed by atoms with Crippen LogP contribution in [0.5, 0.6) is 0 Å². The van der Waals surface area contributed by atoms with Crippen LogP contribution in [0, 0.1) is 0 Å². The van der Waals surface area contributed by atoms with Crippen LogP contribution in [0.2, 0.25) is 5.02 Å². The molecule has 1 aliphatic rings. The lowest BCUT2D eigenvalue weighted by Crippen LogP contribution is -2.46. The molecule has 3 aromatic rings. The van der Waals surface area contributed by atoms with Gasteiger partial charge < -0.3 is 19.1 Å². The van der Waals surface area contributed by atoms with Crippen molar-refractivity contribution in [2.45, 2.75) is 18.9 Å². The third-order valence-corrected chi connectivity index (χ3v) is 5.06. The van der Waals surface area contributed by atoms with Gasteiger partial charge >= 0.3 is 0 Å². The number of benzene rings is 1. The van der Waals surface area contributed by atoms with E-state index >= 15 is 0 Å². The fourth-order valence-electron chi connectivity index (χ4n) is 3.27. The van der Waals surface area contributed by atoms with Crippen molar-refractivity contribution < 1.29 is 18.4 Å². The molecule has 6 nitrogen and oxygen atoms in total. The zero-order valence-corrected chi connectivity index (χ0v) is 15.8. The maximum atomic E-state index is 12.5. The van der Waals surface area contributed by atoms with E-state index in [1.165, 1.54) is 6.26 Å². The van der Waals surface area contributed by atoms with Crippen molar-refractivity contribution in [2.24, 2.45) is 0 Å². The standard InChI is InChI=1S/C21H19ClN2O4/c22-15-5-3-14(4-6-15)17-7-8-18(28-17)20(25)23-16-9-11-24(12-10-16)21(26)19-2-1-13-27-19/h1-8,13,16H,9-12H2,(H,23,25). The van der Waals surface area contributed by atoms with Crippen molar-refractivity contribution in [1.29, 1.82) is 0 Å². The molecule has 2 aromatic heterocycles. The van der Waals surface area contributed by atoms with Gasteiger partial charge in [0.2, 0.25) is 0 Å². The molecule has 0 radical (unpaired) electrons. The summed E-state index contributed by atoms with van der Waals surface area (Å²) in [7, 11) is 0. The lowest BCUT2D eigenvalue weighted by atomic mass is 10.0. The Morgan fingerprint density at radius 2 is 1.75 bits per heavy atom. The minimum absolute atomic E-state index is 0.00256. The number of hydrogen-bond acceptors (Lipinski definition) is 4. The summed E-state index contributed by atoms with van der Waals surface area (Å²) >= 11 is 5.90. The first-order valence-electron chi connectivity index (χ1n) is 9.09. The molecule has 1 saturated heterocycles. The summed E-state index contributed by atoms with van der Waals surface area (Å²) in [4.78, 5) is 26.5. The van der Waals surface area contributed by atoms with E-state index < -0.39 is 0 Å². The van der Waals surface area contributed by atoms with Gasteiger partial charge in [-0.05, 0) is 61.4 Å². The third kappa shape index (κ3) is 3.97. The van der Waals surface area contributed by atoms with Crippen molar-refractivity contribution in [3.05, 3.63) is 71.3 Å². The molecule has 3 heterocycles. The van der Waals surface area contributed by atoms with Gasteiger partial charge in [-0.2, -0.15) is 0 Å². The first kappa shape index (κ1) is 18.4. The van der Waals surface area contributed by atoms with E-state index in [4.69, 9.17) is 20.4 Å². The first-order valence-corrected chi connectivity index (χ1v) is 9.47. The van der Waals surface area contributed by atoms with Crippen LogP contribution >= 0.6 is 11.6 Å². The van der Waals surface area contributed by atoms with Crippen LogP contribution in [0.4, 0.5) is 0 Å². The summed E-state index contributed by atoms with van der Waals surface area (Å²) in [5.74, 6) is 0.844. The molecule has 144 valence electrons. The number of likely N-dealkylation sites (tertiary alicyclic amines) is 1. The highest BCUT2D eigenvalue weighted by atomic mass is 35.5. The number of nitrogens with one attached hydrogen (secondary N) is 1. The molecule has 0 spiro atoms. The van der Waals surface area contributed by atoms with Crippen LogP contribution in [0.3, 0.4) is 0 Å². The molecular formula is C21H19ClN2O4. The highest BCUT2D eigenvalue weighted by Gasteiger charge is 2.26. The average molecular weight is 399 g/mol. The normalized spacial score (nSPS) is 14.8. The molecule has 2 amide bonds. The Bertz CT molecular complexity index is 955. The number of carbonyl (C=O) groups is 2. The van der Waals surface area contributed by atoms with E-state index in [0.29, 0.717) is 42.5 Å². The number of carbonyl (C=O) groups excluding carboxylic acids is 2. The second kappa shape index (κ2) is 7.94. The Hall–Kier alpha value is -2.99. The quantitative estimate of drug-likeness (QED) is 0.713. The van der Waals surface area contributed by atoms with Crippen LogP contribution in [0.25, 0.3) is 11.3 Å². The predicted octanol–water partition coefficient (Wildman–Crippen LogP) is 4.23. The smallest absolute Gasteiger partial charge is 0.289 e. The molecule has 1 aromatic carbocycles. The molecule has 0 atom stereocenters. The van der Waals surface area contributed by atoms with Crippen LogP contribution in [-0.2, 0) is 0 Å². The topological polar surface area (TPSA) is 75.7 Å². The number of amides is 2. The molecule has 0 unspecified atom stereocenters. The fourth-order valence-corrected chi connectivity index (χ4v) is 3.39. The van der Waals surface area contributed by atoms with Crippen LogP contribution in [0.1, 0.15) is 34.0 Å². The van der Waals surface area contributed by atoms with Crippen LogP contribution in [0.15, 0.2) is 63.6 Å². The van der Waals surface area contributed by atoms with Crippen molar-refractivity contribution in [3.63, 3.8) is 0 Å². The van der Waals surface area contributed by atoms with E-state index in [2.05, 4.69) is 5.32 Å². The Morgan fingerprint density at radius 3 is 2.43 bits per heavy atom. The summed E-state index contributed by atoms with van der Waals surface area (Å²) in [6.45, 7) is 1.14. The summed E-state index contributed by atoms with van der Waals surface area (Å²) in [6, 6.07) is 14.0. The lowest BCUT2D eigenvalue weighted by molar-refractivity contribution is 0.0665. The summed E-state index contributed by atoms with van der Waals surface area (Å²) in [5.41, 5.74) is 0.855. The summed E-state index contributed by atoms with van der Waals surface area (Å²) in [5, 5.41) is 3.63. The lowest BCUT2D eigenvalue weighted by Gasteiger charge is -2.31. The molecule has 0 aliphatic carbocycles. The first-order chi connectivity index (χ1) is 13.6. The van der Waals surface area contributed by atoms with Gasteiger partial charge in [-0.25, -0.2) is 0 Å². The van der Waals surface area contributed by atoms with Crippen molar-refractivity contribution in [1.82, 2.24) is 10.2 Å². The molecule has 28 heavy (non-hydrogen) atoms. The highest BCUT2D eigenvalue weighted by molar-refractivity contribution is 6.30. The number of piperidine rings is 1. The molecular weight excluding hydrogens is 380 g/mol. The Morgan fingerprint density at radius 1 is 1.00 bits per heavy atom. The van der Waals surface area contributed by atoms with Gasteiger partial charge in [0.15, 0.2) is 11.5 Å². The van der Waals surface area contributed by atoms with E-state index in [1.807, 2.05) is 12.1 Å². The van der Waals surface area contributed by atoms with Gasteiger partial charge in [0.05, 0.1) is 6.26 Å².